The Morgan fingerprint density at radius 2 is 2.24 bits per heavy atom. The van der Waals surface area contributed by atoms with Crippen LogP contribution < -0.4 is 10.2 Å². The van der Waals surface area contributed by atoms with E-state index in [-0.39, 0.29) is 18.3 Å². The Morgan fingerprint density at radius 1 is 1.48 bits per heavy atom. The summed E-state index contributed by atoms with van der Waals surface area (Å²) in [5.74, 6) is 0. The van der Waals surface area contributed by atoms with Crippen LogP contribution in [0.4, 0.5) is 5.69 Å². The topological polar surface area (TPSA) is 44.7 Å². The number of rotatable bonds is 5. The number of aliphatic hydroxyl groups is 1. The minimum absolute atomic E-state index is 0.0308. The summed E-state index contributed by atoms with van der Waals surface area (Å²) < 4.78 is 5.89. The number of halogens is 1. The Hall–Kier alpha value is -0.810. The average molecular weight is 313 g/mol. The molecule has 1 aromatic carbocycles. The second-order valence-corrected chi connectivity index (χ2v) is 6.55. The van der Waals surface area contributed by atoms with Crippen molar-refractivity contribution in [3.8, 4) is 0 Å². The summed E-state index contributed by atoms with van der Waals surface area (Å²) in [4.78, 5) is 2.27. The molecule has 1 aliphatic heterocycles. The number of ether oxygens (including phenoxy) is 1. The Bertz CT molecular complexity index is 479. The second-order valence-electron chi connectivity index (χ2n) is 6.12. The summed E-state index contributed by atoms with van der Waals surface area (Å²) >= 11 is 6.18. The largest absolute Gasteiger partial charge is 0.394 e. The summed E-state index contributed by atoms with van der Waals surface area (Å²) in [7, 11) is 0. The lowest BCUT2D eigenvalue weighted by atomic mass is 10.0. The number of benzene rings is 1. The van der Waals surface area contributed by atoms with Crippen LogP contribution in [-0.4, -0.2) is 43.1 Å². The molecule has 0 amide bonds. The molecule has 0 saturated carbocycles. The van der Waals surface area contributed by atoms with Crippen molar-refractivity contribution in [3.63, 3.8) is 0 Å². The van der Waals surface area contributed by atoms with Gasteiger partial charge in [0.1, 0.15) is 0 Å². The molecule has 1 aliphatic rings. The number of hydrogen-bond acceptors (Lipinski definition) is 4. The van der Waals surface area contributed by atoms with E-state index in [0.717, 1.165) is 30.3 Å². The van der Waals surface area contributed by atoms with Crippen LogP contribution in [0.1, 0.15) is 26.3 Å². The van der Waals surface area contributed by atoms with E-state index < -0.39 is 0 Å². The van der Waals surface area contributed by atoms with Crippen LogP contribution in [-0.2, 0) is 11.3 Å². The smallest absolute Gasteiger partial charge is 0.0988 e. The summed E-state index contributed by atoms with van der Waals surface area (Å²) in [6.45, 7) is 9.42. The Kier molecular flexibility index (Phi) is 5.49. The molecule has 0 bridgehead atoms. The molecule has 2 rings (SSSR count). The monoisotopic (exact) mass is 312 g/mol. The number of anilines is 1. The molecule has 21 heavy (non-hydrogen) atoms. The molecule has 1 saturated heterocycles. The van der Waals surface area contributed by atoms with Crippen LogP contribution in [0, 0.1) is 0 Å². The van der Waals surface area contributed by atoms with Gasteiger partial charge < -0.3 is 20.1 Å². The van der Waals surface area contributed by atoms with Crippen molar-refractivity contribution in [2.75, 3.05) is 31.1 Å². The van der Waals surface area contributed by atoms with E-state index >= 15 is 0 Å². The number of hydrogen-bond donors (Lipinski definition) is 2. The van der Waals surface area contributed by atoms with Crippen LogP contribution in [0.5, 0.6) is 0 Å². The normalized spacial score (nSPS) is 21.6. The van der Waals surface area contributed by atoms with Crippen LogP contribution in [0.15, 0.2) is 18.2 Å². The number of nitrogens with zero attached hydrogens (tertiary/aromatic N) is 1. The number of morpholine rings is 1. The van der Waals surface area contributed by atoms with Gasteiger partial charge >= 0.3 is 0 Å². The third-order valence-corrected chi connectivity index (χ3v) is 3.87. The Morgan fingerprint density at radius 3 is 2.90 bits per heavy atom. The molecule has 5 heteroatoms. The predicted octanol–water partition coefficient (Wildman–Crippen LogP) is 2.43. The fourth-order valence-corrected chi connectivity index (χ4v) is 2.98. The van der Waals surface area contributed by atoms with Gasteiger partial charge in [-0.25, -0.2) is 0 Å². The lowest BCUT2D eigenvalue weighted by molar-refractivity contribution is -0.101. The quantitative estimate of drug-likeness (QED) is 0.876. The average Bonchev–Trinajstić information content (AvgIpc) is 2.44. The van der Waals surface area contributed by atoms with E-state index in [4.69, 9.17) is 16.3 Å². The van der Waals surface area contributed by atoms with Crippen molar-refractivity contribution in [3.05, 3.63) is 28.8 Å². The van der Waals surface area contributed by atoms with Crippen molar-refractivity contribution < 1.29 is 9.84 Å². The van der Waals surface area contributed by atoms with Crippen molar-refractivity contribution in [2.45, 2.75) is 39.0 Å². The van der Waals surface area contributed by atoms with Crippen molar-refractivity contribution in [1.29, 1.82) is 0 Å². The molecule has 0 aromatic heterocycles. The lowest BCUT2D eigenvalue weighted by Crippen LogP contribution is -2.54. The van der Waals surface area contributed by atoms with Gasteiger partial charge in [-0.1, -0.05) is 24.6 Å². The second kappa shape index (κ2) is 6.97. The Balaban J connectivity index is 2.28. The van der Waals surface area contributed by atoms with E-state index in [2.05, 4.69) is 37.1 Å². The van der Waals surface area contributed by atoms with Gasteiger partial charge in [0.15, 0.2) is 0 Å². The Labute approximate surface area is 132 Å². The van der Waals surface area contributed by atoms with Crippen molar-refractivity contribution in [1.82, 2.24) is 5.32 Å². The van der Waals surface area contributed by atoms with Crippen molar-refractivity contribution >= 4 is 17.3 Å². The first-order chi connectivity index (χ1) is 9.95. The van der Waals surface area contributed by atoms with Gasteiger partial charge in [0.2, 0.25) is 0 Å². The highest BCUT2D eigenvalue weighted by Crippen LogP contribution is 2.30. The molecular formula is C16H25ClN2O2. The van der Waals surface area contributed by atoms with Gasteiger partial charge in [-0.15, -0.1) is 0 Å². The maximum absolute atomic E-state index is 9.46. The molecule has 4 nitrogen and oxygen atoms in total. The summed E-state index contributed by atoms with van der Waals surface area (Å²) in [5, 5.41) is 13.6. The van der Waals surface area contributed by atoms with Gasteiger partial charge in [0.05, 0.1) is 18.3 Å². The highest BCUT2D eigenvalue weighted by atomic mass is 35.5. The molecular weight excluding hydrogens is 288 g/mol. The van der Waals surface area contributed by atoms with Gasteiger partial charge in [-0.2, -0.15) is 0 Å². The van der Waals surface area contributed by atoms with Gasteiger partial charge in [0, 0.05) is 30.3 Å². The van der Waals surface area contributed by atoms with E-state index in [1.807, 2.05) is 12.1 Å². The maximum Gasteiger partial charge on any atom is 0.0988 e. The molecule has 1 heterocycles. The molecule has 1 fully saturated rings. The third kappa shape index (κ3) is 4.33. The van der Waals surface area contributed by atoms with Crippen LogP contribution in [0.25, 0.3) is 0 Å². The van der Waals surface area contributed by atoms with Crippen LogP contribution in [0.3, 0.4) is 0 Å². The summed E-state index contributed by atoms with van der Waals surface area (Å²) in [5.41, 5.74) is 2.05. The fraction of sp³-hybridized carbons (Fsp3) is 0.625. The van der Waals surface area contributed by atoms with Crippen LogP contribution >= 0.6 is 11.6 Å². The van der Waals surface area contributed by atoms with Crippen LogP contribution in [0.2, 0.25) is 5.02 Å². The fourth-order valence-electron chi connectivity index (χ4n) is 2.81. The highest BCUT2D eigenvalue weighted by Gasteiger charge is 2.33. The first-order valence-electron chi connectivity index (χ1n) is 7.48. The van der Waals surface area contributed by atoms with E-state index in [9.17, 15) is 5.11 Å². The minimum Gasteiger partial charge on any atom is -0.394 e. The zero-order chi connectivity index (χ0) is 15.5. The molecule has 0 aliphatic carbocycles. The minimum atomic E-state index is -0.288. The predicted molar refractivity (Wildman–Crippen MR) is 87.1 cm³/mol. The SMILES string of the molecule is CCNCc1ccc(Cl)cc1N1CC(CO)OC(C)(C)C1. The van der Waals surface area contributed by atoms with Crippen molar-refractivity contribution in [2.24, 2.45) is 0 Å². The van der Waals surface area contributed by atoms with Gasteiger partial charge in [-0.3, -0.25) is 0 Å². The third-order valence-electron chi connectivity index (χ3n) is 3.64. The zero-order valence-corrected chi connectivity index (χ0v) is 13.8. The lowest BCUT2D eigenvalue weighted by Gasteiger charge is -2.44. The van der Waals surface area contributed by atoms with E-state index in [1.54, 1.807) is 0 Å². The number of aliphatic hydroxyl groups excluding tert-OH is 1. The first-order valence-corrected chi connectivity index (χ1v) is 7.85. The van der Waals surface area contributed by atoms with E-state index in [0.29, 0.717) is 6.54 Å². The summed E-state index contributed by atoms with van der Waals surface area (Å²) in [6.07, 6.45) is -0.167. The van der Waals surface area contributed by atoms with Gasteiger partial charge in [-0.05, 0) is 38.1 Å². The zero-order valence-electron chi connectivity index (χ0n) is 13.0. The molecule has 2 N–H and O–H groups in total. The highest BCUT2D eigenvalue weighted by molar-refractivity contribution is 6.30. The number of nitrogens with one attached hydrogen (secondary N) is 1. The van der Waals surface area contributed by atoms with Gasteiger partial charge in [0.25, 0.3) is 0 Å². The molecule has 1 aromatic rings. The first kappa shape index (κ1) is 16.6. The molecule has 1 atom stereocenters. The van der Waals surface area contributed by atoms with E-state index in [1.165, 1.54) is 5.56 Å². The molecule has 0 radical (unpaired) electrons. The molecule has 0 spiro atoms. The molecule has 118 valence electrons. The standard InChI is InChI=1S/C16H25ClN2O2/c1-4-18-8-12-5-6-13(17)7-15(12)19-9-14(10-20)21-16(2,3)11-19/h5-7,14,18,20H,4,8-11H2,1-3H3. The summed E-state index contributed by atoms with van der Waals surface area (Å²) in [6, 6.07) is 5.99. The molecule has 1 unspecified atom stereocenters. The maximum atomic E-state index is 9.46.